The highest BCUT2D eigenvalue weighted by molar-refractivity contribution is 5.94. The van der Waals surface area contributed by atoms with Gasteiger partial charge in [-0.05, 0) is 41.0 Å². The molecule has 0 spiro atoms. The van der Waals surface area contributed by atoms with Crippen LogP contribution < -0.4 is 5.32 Å². The lowest BCUT2D eigenvalue weighted by Crippen LogP contribution is -2.31. The minimum absolute atomic E-state index is 0.160. The molecule has 0 unspecified atom stereocenters. The molecule has 6 nitrogen and oxygen atoms in total. The summed E-state index contributed by atoms with van der Waals surface area (Å²) in [5.41, 5.74) is 2.16. The van der Waals surface area contributed by atoms with E-state index in [0.29, 0.717) is 11.4 Å². The number of rotatable bonds is 5. The fraction of sp³-hybridized carbons (Fsp3) is 0.222. The summed E-state index contributed by atoms with van der Waals surface area (Å²) in [6.45, 7) is 4.02. The Labute approximate surface area is 144 Å². The van der Waals surface area contributed by atoms with Crippen molar-refractivity contribution >= 4 is 5.91 Å². The van der Waals surface area contributed by atoms with Gasteiger partial charge in [0.15, 0.2) is 0 Å². The van der Waals surface area contributed by atoms with Crippen molar-refractivity contribution in [1.82, 2.24) is 25.9 Å². The van der Waals surface area contributed by atoms with E-state index in [4.69, 9.17) is 0 Å². The molecule has 0 fully saturated rings. The lowest BCUT2D eigenvalue weighted by Gasteiger charge is -2.23. The van der Waals surface area contributed by atoms with Gasteiger partial charge in [0.25, 0.3) is 5.91 Å². The third-order valence-electron chi connectivity index (χ3n) is 3.93. The molecular formula is C18H18FN5O. The zero-order chi connectivity index (χ0) is 17.8. The lowest BCUT2D eigenvalue weighted by atomic mass is 9.95. The highest BCUT2D eigenvalue weighted by Crippen LogP contribution is 2.23. The molecule has 2 aromatic carbocycles. The van der Waals surface area contributed by atoms with Gasteiger partial charge in [-0.25, -0.2) is 4.39 Å². The van der Waals surface area contributed by atoms with E-state index in [1.54, 1.807) is 36.4 Å². The van der Waals surface area contributed by atoms with Crippen LogP contribution in [0.2, 0.25) is 0 Å². The van der Waals surface area contributed by atoms with Crippen LogP contribution in [-0.2, 0) is 0 Å². The second kappa shape index (κ2) is 7.21. The first-order chi connectivity index (χ1) is 12.0. The van der Waals surface area contributed by atoms with Crippen molar-refractivity contribution in [2.45, 2.75) is 19.9 Å². The maximum atomic E-state index is 13.1. The number of benzene rings is 2. The first-order valence-corrected chi connectivity index (χ1v) is 7.95. The first-order valence-electron chi connectivity index (χ1n) is 7.95. The van der Waals surface area contributed by atoms with Crippen molar-refractivity contribution in [2.24, 2.45) is 5.92 Å². The first kappa shape index (κ1) is 16.8. The Kier molecular flexibility index (Phi) is 4.83. The van der Waals surface area contributed by atoms with E-state index in [0.717, 1.165) is 11.1 Å². The number of aromatic amines is 1. The van der Waals surface area contributed by atoms with Crippen LogP contribution in [0, 0.1) is 11.7 Å². The van der Waals surface area contributed by atoms with E-state index >= 15 is 0 Å². The average Bonchev–Trinajstić information content (AvgIpc) is 3.15. The number of hydrogen-bond donors (Lipinski definition) is 2. The van der Waals surface area contributed by atoms with Crippen LogP contribution in [0.1, 0.15) is 35.8 Å². The minimum atomic E-state index is -0.297. The van der Waals surface area contributed by atoms with Crippen molar-refractivity contribution < 1.29 is 9.18 Å². The van der Waals surface area contributed by atoms with Crippen molar-refractivity contribution in [2.75, 3.05) is 0 Å². The molecule has 128 valence electrons. The highest BCUT2D eigenvalue weighted by atomic mass is 19.1. The van der Waals surface area contributed by atoms with Gasteiger partial charge in [-0.1, -0.05) is 38.1 Å². The highest BCUT2D eigenvalue weighted by Gasteiger charge is 2.19. The third-order valence-corrected chi connectivity index (χ3v) is 3.93. The Morgan fingerprint density at radius 1 is 1.08 bits per heavy atom. The Hall–Kier alpha value is -3.09. The largest absolute Gasteiger partial charge is 0.345 e. The second-order valence-electron chi connectivity index (χ2n) is 6.06. The molecule has 0 aliphatic carbocycles. The molecule has 0 saturated heterocycles. The van der Waals surface area contributed by atoms with E-state index < -0.39 is 0 Å². The van der Waals surface area contributed by atoms with Crippen molar-refractivity contribution in [3.8, 4) is 11.4 Å². The summed E-state index contributed by atoms with van der Waals surface area (Å²) in [5, 5.41) is 16.7. The summed E-state index contributed by atoms with van der Waals surface area (Å²) in [5.74, 6) is 0.142. The molecule has 0 aliphatic heterocycles. The normalized spacial score (nSPS) is 12.2. The number of carbonyl (C=O) groups excluding carboxylic acids is 1. The van der Waals surface area contributed by atoms with Gasteiger partial charge in [-0.2, -0.15) is 5.21 Å². The molecule has 2 N–H and O–H groups in total. The number of hydrogen-bond acceptors (Lipinski definition) is 4. The molecule has 25 heavy (non-hydrogen) atoms. The maximum Gasteiger partial charge on any atom is 0.251 e. The predicted octanol–water partition coefficient (Wildman–Crippen LogP) is 3.13. The topological polar surface area (TPSA) is 83.6 Å². The van der Waals surface area contributed by atoms with Crippen LogP contribution >= 0.6 is 0 Å². The predicted molar refractivity (Wildman–Crippen MR) is 91.1 cm³/mol. The van der Waals surface area contributed by atoms with Gasteiger partial charge < -0.3 is 5.32 Å². The van der Waals surface area contributed by atoms with Crippen LogP contribution in [0.5, 0.6) is 0 Å². The zero-order valence-electron chi connectivity index (χ0n) is 13.9. The van der Waals surface area contributed by atoms with Crippen LogP contribution in [0.25, 0.3) is 11.4 Å². The Balaban J connectivity index is 1.76. The van der Waals surface area contributed by atoms with Gasteiger partial charge in [0.1, 0.15) is 5.82 Å². The maximum absolute atomic E-state index is 13.1. The molecule has 3 aromatic rings. The molecule has 1 atom stereocenters. The molecule has 0 aliphatic rings. The number of tetrazole rings is 1. The van der Waals surface area contributed by atoms with Gasteiger partial charge in [0.05, 0.1) is 6.04 Å². The monoisotopic (exact) mass is 339 g/mol. The molecule has 0 radical (unpaired) electrons. The van der Waals surface area contributed by atoms with Crippen LogP contribution in [0.4, 0.5) is 4.39 Å². The van der Waals surface area contributed by atoms with Gasteiger partial charge in [0.2, 0.25) is 5.82 Å². The van der Waals surface area contributed by atoms with Gasteiger partial charge in [-0.15, -0.1) is 10.2 Å². The van der Waals surface area contributed by atoms with Crippen molar-refractivity contribution in [1.29, 1.82) is 0 Å². The Morgan fingerprint density at radius 2 is 1.76 bits per heavy atom. The fourth-order valence-electron chi connectivity index (χ4n) is 2.58. The lowest BCUT2D eigenvalue weighted by molar-refractivity contribution is 0.0925. The molecule has 1 heterocycles. The summed E-state index contributed by atoms with van der Waals surface area (Å²) in [6.07, 6.45) is 0. The number of nitrogens with one attached hydrogen (secondary N) is 2. The molecular weight excluding hydrogens is 321 g/mol. The third kappa shape index (κ3) is 3.88. The van der Waals surface area contributed by atoms with Crippen LogP contribution in [0.3, 0.4) is 0 Å². The van der Waals surface area contributed by atoms with Gasteiger partial charge in [0, 0.05) is 11.1 Å². The van der Waals surface area contributed by atoms with Gasteiger partial charge >= 0.3 is 0 Å². The SMILES string of the molecule is CC(C)[C@@H](NC(=O)c1ccc(-c2nn[nH]n2)cc1)c1ccc(F)cc1. The quantitative estimate of drug-likeness (QED) is 0.748. The summed E-state index contributed by atoms with van der Waals surface area (Å²) in [7, 11) is 0. The zero-order valence-corrected chi connectivity index (χ0v) is 13.9. The summed E-state index contributed by atoms with van der Waals surface area (Å²) >= 11 is 0. The average molecular weight is 339 g/mol. The van der Waals surface area contributed by atoms with Crippen molar-refractivity contribution in [3.63, 3.8) is 0 Å². The summed E-state index contributed by atoms with van der Waals surface area (Å²) < 4.78 is 13.1. The van der Waals surface area contributed by atoms with Crippen LogP contribution in [0.15, 0.2) is 48.5 Å². The number of carbonyl (C=O) groups is 1. The number of nitrogens with zero attached hydrogens (tertiary/aromatic N) is 3. The van der Waals surface area contributed by atoms with Crippen molar-refractivity contribution in [3.05, 3.63) is 65.5 Å². The summed E-state index contributed by atoms with van der Waals surface area (Å²) in [4.78, 5) is 12.6. The smallest absolute Gasteiger partial charge is 0.251 e. The molecule has 1 aromatic heterocycles. The summed E-state index contributed by atoms with van der Waals surface area (Å²) in [6, 6.07) is 12.9. The fourth-order valence-corrected chi connectivity index (χ4v) is 2.58. The van der Waals surface area contributed by atoms with Crippen LogP contribution in [-0.4, -0.2) is 26.5 Å². The number of amides is 1. The van der Waals surface area contributed by atoms with E-state index in [2.05, 4.69) is 25.9 Å². The van der Waals surface area contributed by atoms with Gasteiger partial charge in [-0.3, -0.25) is 4.79 Å². The molecule has 1 amide bonds. The standard InChI is InChI=1S/C18H18FN5O/c1-11(2)16(12-7-9-15(19)10-8-12)20-18(25)14-5-3-13(4-6-14)17-21-23-24-22-17/h3-11,16H,1-2H3,(H,20,25)(H,21,22,23,24)/t16-/m1/s1. The van der Waals surface area contributed by atoms with E-state index in [1.807, 2.05) is 13.8 Å². The molecule has 7 heteroatoms. The molecule has 3 rings (SSSR count). The molecule has 0 saturated carbocycles. The van der Waals surface area contributed by atoms with E-state index in [-0.39, 0.29) is 23.7 Å². The minimum Gasteiger partial charge on any atom is -0.345 e. The number of halogens is 1. The second-order valence-corrected chi connectivity index (χ2v) is 6.06. The number of H-pyrrole nitrogens is 1. The molecule has 0 bridgehead atoms. The van der Waals surface area contributed by atoms with E-state index in [9.17, 15) is 9.18 Å². The number of aromatic nitrogens is 4. The Bertz CT molecular complexity index is 829. The van der Waals surface area contributed by atoms with E-state index in [1.165, 1.54) is 12.1 Å². The Morgan fingerprint density at radius 3 is 2.32 bits per heavy atom.